The molecular weight excluding hydrogens is 166 g/mol. The second-order valence-electron chi connectivity index (χ2n) is 4.02. The molecule has 3 nitrogen and oxygen atoms in total. The summed E-state index contributed by atoms with van der Waals surface area (Å²) in [5.74, 6) is -0.821. The van der Waals surface area contributed by atoms with Crippen molar-refractivity contribution in [3.05, 3.63) is 11.6 Å². The van der Waals surface area contributed by atoms with E-state index in [0.29, 0.717) is 18.5 Å². The Kier molecular flexibility index (Phi) is 4.70. The number of carboxylic acid groups (broad SMARTS) is 1. The van der Waals surface area contributed by atoms with Crippen LogP contribution in [-0.2, 0) is 4.79 Å². The molecule has 0 bridgehead atoms. The Labute approximate surface area is 79.8 Å². The van der Waals surface area contributed by atoms with E-state index < -0.39 is 5.97 Å². The lowest BCUT2D eigenvalue weighted by atomic mass is 10.1. The Hall–Kier alpha value is -0.830. The van der Waals surface area contributed by atoms with Gasteiger partial charge in [0.25, 0.3) is 0 Å². The second-order valence-corrected chi connectivity index (χ2v) is 4.02. The summed E-state index contributed by atoms with van der Waals surface area (Å²) in [7, 11) is 0. The topological polar surface area (TPSA) is 49.3 Å². The van der Waals surface area contributed by atoms with Crippen LogP contribution in [0.1, 0.15) is 34.1 Å². The van der Waals surface area contributed by atoms with Crippen LogP contribution in [0.4, 0.5) is 0 Å². The summed E-state index contributed by atoms with van der Waals surface area (Å²) in [4.78, 5) is 10.6. The fraction of sp³-hybridized carbons (Fsp3) is 0.700. The lowest BCUT2D eigenvalue weighted by Crippen LogP contribution is -2.35. The summed E-state index contributed by atoms with van der Waals surface area (Å²) in [5, 5.41) is 11.9. The van der Waals surface area contributed by atoms with Crippen LogP contribution in [0.3, 0.4) is 0 Å². The highest BCUT2D eigenvalue weighted by molar-refractivity contribution is 5.86. The molecular formula is C10H19NO2. The SMILES string of the molecule is CCC(=CCNC(C)(C)C)C(=O)O. The molecule has 0 aliphatic rings. The molecule has 76 valence electrons. The summed E-state index contributed by atoms with van der Waals surface area (Å²) in [6.45, 7) is 8.60. The minimum Gasteiger partial charge on any atom is -0.478 e. The van der Waals surface area contributed by atoms with E-state index in [9.17, 15) is 4.79 Å². The van der Waals surface area contributed by atoms with E-state index in [1.807, 2.05) is 27.7 Å². The van der Waals surface area contributed by atoms with E-state index >= 15 is 0 Å². The molecule has 13 heavy (non-hydrogen) atoms. The lowest BCUT2D eigenvalue weighted by Gasteiger charge is -2.19. The molecule has 0 aromatic carbocycles. The molecule has 0 saturated carbocycles. The summed E-state index contributed by atoms with van der Waals surface area (Å²) < 4.78 is 0. The van der Waals surface area contributed by atoms with Gasteiger partial charge in [0.15, 0.2) is 0 Å². The molecule has 0 heterocycles. The Morgan fingerprint density at radius 3 is 2.31 bits per heavy atom. The molecule has 0 radical (unpaired) electrons. The highest BCUT2D eigenvalue weighted by Crippen LogP contribution is 2.01. The van der Waals surface area contributed by atoms with Crippen molar-refractivity contribution in [1.82, 2.24) is 5.32 Å². The molecule has 0 aliphatic carbocycles. The molecule has 0 aromatic rings. The van der Waals surface area contributed by atoms with Crippen molar-refractivity contribution in [2.45, 2.75) is 39.7 Å². The van der Waals surface area contributed by atoms with Crippen LogP contribution in [0.5, 0.6) is 0 Å². The van der Waals surface area contributed by atoms with Gasteiger partial charge in [-0.25, -0.2) is 4.79 Å². The molecule has 0 aromatic heterocycles. The van der Waals surface area contributed by atoms with Crippen LogP contribution in [0.25, 0.3) is 0 Å². The third-order valence-corrected chi connectivity index (χ3v) is 1.64. The first-order valence-electron chi connectivity index (χ1n) is 4.54. The van der Waals surface area contributed by atoms with Crippen molar-refractivity contribution >= 4 is 5.97 Å². The van der Waals surface area contributed by atoms with Crippen LogP contribution >= 0.6 is 0 Å². The van der Waals surface area contributed by atoms with Gasteiger partial charge in [-0.1, -0.05) is 13.0 Å². The molecule has 0 amide bonds. The van der Waals surface area contributed by atoms with Crippen LogP contribution in [0.15, 0.2) is 11.6 Å². The molecule has 0 spiro atoms. The fourth-order valence-corrected chi connectivity index (χ4v) is 0.863. The van der Waals surface area contributed by atoms with Gasteiger partial charge in [-0.3, -0.25) is 0 Å². The molecule has 0 saturated heterocycles. The van der Waals surface area contributed by atoms with Crippen molar-refractivity contribution in [3.63, 3.8) is 0 Å². The quantitative estimate of drug-likeness (QED) is 0.656. The number of carbonyl (C=O) groups is 1. The van der Waals surface area contributed by atoms with E-state index in [2.05, 4.69) is 5.32 Å². The van der Waals surface area contributed by atoms with Gasteiger partial charge >= 0.3 is 5.97 Å². The van der Waals surface area contributed by atoms with E-state index in [4.69, 9.17) is 5.11 Å². The third-order valence-electron chi connectivity index (χ3n) is 1.64. The summed E-state index contributed by atoms with van der Waals surface area (Å²) in [6, 6.07) is 0. The summed E-state index contributed by atoms with van der Waals surface area (Å²) >= 11 is 0. The van der Waals surface area contributed by atoms with Gasteiger partial charge in [0, 0.05) is 17.7 Å². The molecule has 0 rings (SSSR count). The van der Waals surface area contributed by atoms with Crippen LogP contribution in [0, 0.1) is 0 Å². The Bertz CT molecular complexity index is 201. The largest absolute Gasteiger partial charge is 0.478 e. The maximum Gasteiger partial charge on any atom is 0.331 e. The zero-order chi connectivity index (χ0) is 10.5. The maximum absolute atomic E-state index is 10.6. The predicted octanol–water partition coefficient (Wildman–Crippen LogP) is 1.80. The van der Waals surface area contributed by atoms with Gasteiger partial charge in [0.2, 0.25) is 0 Å². The van der Waals surface area contributed by atoms with Gasteiger partial charge < -0.3 is 10.4 Å². The van der Waals surface area contributed by atoms with Crippen molar-refractivity contribution in [2.75, 3.05) is 6.54 Å². The van der Waals surface area contributed by atoms with E-state index in [1.54, 1.807) is 6.08 Å². The Morgan fingerprint density at radius 1 is 1.46 bits per heavy atom. The molecule has 2 N–H and O–H groups in total. The van der Waals surface area contributed by atoms with Crippen molar-refractivity contribution in [3.8, 4) is 0 Å². The monoisotopic (exact) mass is 185 g/mol. The number of aliphatic carboxylic acids is 1. The standard InChI is InChI=1S/C10H19NO2/c1-5-8(9(12)13)6-7-11-10(2,3)4/h6,11H,5,7H2,1-4H3,(H,12,13). The molecule has 0 atom stereocenters. The van der Waals surface area contributed by atoms with Gasteiger partial charge in [-0.15, -0.1) is 0 Å². The average molecular weight is 185 g/mol. The van der Waals surface area contributed by atoms with Crippen molar-refractivity contribution < 1.29 is 9.90 Å². The highest BCUT2D eigenvalue weighted by atomic mass is 16.4. The first kappa shape index (κ1) is 12.2. The third kappa shape index (κ3) is 6.34. The zero-order valence-electron chi connectivity index (χ0n) is 8.85. The lowest BCUT2D eigenvalue weighted by molar-refractivity contribution is -0.132. The van der Waals surface area contributed by atoms with Gasteiger partial charge in [0.1, 0.15) is 0 Å². The minimum atomic E-state index is -0.821. The Morgan fingerprint density at radius 2 is 2.00 bits per heavy atom. The van der Waals surface area contributed by atoms with Crippen LogP contribution in [0.2, 0.25) is 0 Å². The van der Waals surface area contributed by atoms with Gasteiger partial charge in [-0.05, 0) is 27.2 Å². The number of nitrogens with one attached hydrogen (secondary N) is 1. The number of rotatable bonds is 4. The summed E-state index contributed by atoms with van der Waals surface area (Å²) in [5.41, 5.74) is 0.505. The highest BCUT2D eigenvalue weighted by Gasteiger charge is 2.08. The van der Waals surface area contributed by atoms with E-state index in [1.165, 1.54) is 0 Å². The molecule has 0 unspecified atom stereocenters. The first-order valence-corrected chi connectivity index (χ1v) is 4.54. The Balaban J connectivity index is 4.02. The number of hydrogen-bond donors (Lipinski definition) is 2. The van der Waals surface area contributed by atoms with E-state index in [-0.39, 0.29) is 5.54 Å². The zero-order valence-corrected chi connectivity index (χ0v) is 8.85. The van der Waals surface area contributed by atoms with Gasteiger partial charge in [0.05, 0.1) is 0 Å². The fourth-order valence-electron chi connectivity index (χ4n) is 0.863. The first-order chi connectivity index (χ1) is 5.87. The van der Waals surface area contributed by atoms with Gasteiger partial charge in [-0.2, -0.15) is 0 Å². The maximum atomic E-state index is 10.6. The minimum absolute atomic E-state index is 0.0356. The predicted molar refractivity (Wildman–Crippen MR) is 53.8 cm³/mol. The van der Waals surface area contributed by atoms with Crippen molar-refractivity contribution in [1.29, 1.82) is 0 Å². The summed E-state index contributed by atoms with van der Waals surface area (Å²) in [6.07, 6.45) is 2.30. The number of carboxylic acids is 1. The molecule has 3 heteroatoms. The number of hydrogen-bond acceptors (Lipinski definition) is 2. The van der Waals surface area contributed by atoms with Crippen molar-refractivity contribution in [2.24, 2.45) is 0 Å². The average Bonchev–Trinajstić information content (AvgIpc) is 1.95. The molecule has 0 fully saturated rings. The smallest absolute Gasteiger partial charge is 0.331 e. The normalized spacial score (nSPS) is 13.1. The van der Waals surface area contributed by atoms with Crippen LogP contribution in [-0.4, -0.2) is 23.2 Å². The molecule has 0 aliphatic heterocycles. The second kappa shape index (κ2) is 5.02. The van der Waals surface area contributed by atoms with E-state index in [0.717, 1.165) is 0 Å². The van der Waals surface area contributed by atoms with Crippen LogP contribution < -0.4 is 5.32 Å².